The first-order valence-electron chi connectivity index (χ1n) is 12.2. The number of para-hydroxylation sites is 1. The van der Waals surface area contributed by atoms with Gasteiger partial charge in [-0.2, -0.15) is 5.26 Å². The molecule has 5 heteroatoms. The molecule has 0 amide bonds. The van der Waals surface area contributed by atoms with Gasteiger partial charge in [-0.3, -0.25) is 0 Å². The molecule has 1 fully saturated rings. The molecule has 0 N–H and O–H groups in total. The van der Waals surface area contributed by atoms with Crippen molar-refractivity contribution in [2.75, 3.05) is 18.0 Å². The van der Waals surface area contributed by atoms with E-state index in [-0.39, 0.29) is 0 Å². The number of rotatable bonds is 4. The standard InChI is InChI=1S/C30H24N4S/c31-16-26-28-22-11-13-33(14-12-22)30(28)35-29(26)32-17-24-19-34(27-8-4-3-7-25(24)27)18-20-9-10-21-5-1-2-6-23(21)15-20/h1-10,15,17,19,22H,11-14,18H2. The van der Waals surface area contributed by atoms with E-state index in [1.807, 2.05) is 6.21 Å². The number of hydrogen-bond acceptors (Lipinski definition) is 4. The average Bonchev–Trinajstić information content (AvgIpc) is 3.47. The zero-order chi connectivity index (χ0) is 23.4. The van der Waals surface area contributed by atoms with Gasteiger partial charge in [0, 0.05) is 54.1 Å². The van der Waals surface area contributed by atoms with E-state index in [1.54, 1.807) is 11.3 Å². The van der Waals surface area contributed by atoms with E-state index in [0.29, 0.717) is 5.92 Å². The van der Waals surface area contributed by atoms with Crippen LogP contribution >= 0.6 is 11.3 Å². The smallest absolute Gasteiger partial charge is 0.136 e. The summed E-state index contributed by atoms with van der Waals surface area (Å²) in [4.78, 5) is 7.33. The summed E-state index contributed by atoms with van der Waals surface area (Å²) in [5.74, 6) is 0.522. The Bertz CT molecular complexity index is 1660. The highest BCUT2D eigenvalue weighted by atomic mass is 32.1. The molecular weight excluding hydrogens is 448 g/mol. The van der Waals surface area contributed by atoms with E-state index in [0.717, 1.165) is 48.6 Å². The predicted octanol–water partition coefficient (Wildman–Crippen LogP) is 7.22. The monoisotopic (exact) mass is 472 g/mol. The molecule has 5 aromatic rings. The van der Waals surface area contributed by atoms with Crippen molar-refractivity contribution in [3.8, 4) is 6.07 Å². The molecule has 170 valence electrons. The number of nitriles is 1. The van der Waals surface area contributed by atoms with Crippen LogP contribution in [0.1, 0.15) is 41.0 Å². The van der Waals surface area contributed by atoms with Gasteiger partial charge in [0.25, 0.3) is 0 Å². The SMILES string of the molecule is N#Cc1c(N=Cc2cn(Cc3ccc4ccccc4c3)c3ccccc23)sc2c1C1CCN2CC1. The van der Waals surface area contributed by atoms with Gasteiger partial charge in [0.05, 0.1) is 10.6 Å². The summed E-state index contributed by atoms with van der Waals surface area (Å²) < 4.78 is 2.30. The number of anilines is 1. The molecule has 2 bridgehead atoms. The van der Waals surface area contributed by atoms with E-state index in [2.05, 4.69) is 88.5 Å². The van der Waals surface area contributed by atoms with Crippen LogP contribution in [0.5, 0.6) is 0 Å². The molecule has 0 unspecified atom stereocenters. The number of aliphatic imine (C=N–C) groups is 1. The molecule has 0 aliphatic carbocycles. The summed E-state index contributed by atoms with van der Waals surface area (Å²) in [5.41, 5.74) is 5.59. The highest BCUT2D eigenvalue weighted by Gasteiger charge is 2.36. The molecule has 2 aromatic heterocycles. The molecule has 35 heavy (non-hydrogen) atoms. The maximum Gasteiger partial charge on any atom is 0.136 e. The van der Waals surface area contributed by atoms with E-state index < -0.39 is 0 Å². The van der Waals surface area contributed by atoms with Gasteiger partial charge in [0.2, 0.25) is 0 Å². The number of benzene rings is 3. The van der Waals surface area contributed by atoms with Crippen LogP contribution in [0, 0.1) is 11.3 Å². The van der Waals surface area contributed by atoms with Crippen LogP contribution in [0.15, 0.2) is 77.9 Å². The third kappa shape index (κ3) is 3.37. The maximum absolute atomic E-state index is 9.96. The molecule has 5 heterocycles. The first-order chi connectivity index (χ1) is 17.3. The molecular formula is C30H24N4S. The fourth-order valence-corrected chi connectivity index (χ4v) is 7.01. The Kier molecular flexibility index (Phi) is 4.75. The summed E-state index contributed by atoms with van der Waals surface area (Å²) in [6, 6.07) is 26.1. The summed E-state index contributed by atoms with van der Waals surface area (Å²) in [7, 11) is 0. The van der Waals surface area contributed by atoms with Crippen molar-refractivity contribution in [2.45, 2.75) is 25.3 Å². The highest BCUT2D eigenvalue weighted by Crippen LogP contribution is 2.52. The summed E-state index contributed by atoms with van der Waals surface area (Å²) in [6.07, 6.45) is 6.46. The molecule has 0 spiro atoms. The Morgan fingerprint density at radius 1 is 1.00 bits per heavy atom. The first kappa shape index (κ1) is 20.5. The van der Waals surface area contributed by atoms with E-state index in [9.17, 15) is 5.26 Å². The van der Waals surface area contributed by atoms with Crippen LogP contribution in [0.2, 0.25) is 0 Å². The quantitative estimate of drug-likeness (QED) is 0.259. The van der Waals surface area contributed by atoms with Crippen molar-refractivity contribution in [3.05, 3.63) is 95.2 Å². The van der Waals surface area contributed by atoms with Crippen LogP contribution in [0.25, 0.3) is 21.7 Å². The van der Waals surface area contributed by atoms with Gasteiger partial charge in [0.15, 0.2) is 0 Å². The first-order valence-corrected chi connectivity index (χ1v) is 13.0. The van der Waals surface area contributed by atoms with E-state index in [4.69, 9.17) is 4.99 Å². The lowest BCUT2D eigenvalue weighted by molar-refractivity contribution is 0.479. The zero-order valence-corrected chi connectivity index (χ0v) is 20.1. The molecule has 3 aliphatic rings. The lowest BCUT2D eigenvalue weighted by Crippen LogP contribution is -2.37. The van der Waals surface area contributed by atoms with Crippen LogP contribution in [0.3, 0.4) is 0 Å². The number of hydrogen-bond donors (Lipinski definition) is 0. The second kappa shape index (κ2) is 8.11. The molecule has 8 rings (SSSR count). The minimum Gasteiger partial charge on any atom is -0.363 e. The fourth-order valence-electron chi connectivity index (χ4n) is 5.77. The van der Waals surface area contributed by atoms with Crippen LogP contribution in [-0.2, 0) is 6.54 Å². The Labute approximate surface area is 208 Å². The van der Waals surface area contributed by atoms with Crippen LogP contribution in [-0.4, -0.2) is 23.9 Å². The van der Waals surface area contributed by atoms with Gasteiger partial charge in [-0.1, -0.05) is 65.9 Å². The third-order valence-corrected chi connectivity index (χ3v) is 8.69. The minimum atomic E-state index is 0.522. The van der Waals surface area contributed by atoms with Gasteiger partial charge in [-0.15, -0.1) is 0 Å². The summed E-state index contributed by atoms with van der Waals surface area (Å²) in [5, 5.41) is 15.8. The Morgan fingerprint density at radius 2 is 1.80 bits per heavy atom. The average molecular weight is 473 g/mol. The normalized spacial score (nSPS) is 15.3. The van der Waals surface area contributed by atoms with Gasteiger partial charge in [-0.05, 0) is 47.2 Å². The summed E-state index contributed by atoms with van der Waals surface area (Å²) in [6.45, 7) is 3.01. The van der Waals surface area contributed by atoms with Crippen molar-refractivity contribution >= 4 is 49.2 Å². The predicted molar refractivity (Wildman–Crippen MR) is 145 cm³/mol. The number of fused-ring (bicyclic) bond motifs is 4. The number of aromatic nitrogens is 1. The van der Waals surface area contributed by atoms with Crippen molar-refractivity contribution in [1.29, 1.82) is 5.26 Å². The molecule has 0 atom stereocenters. The van der Waals surface area contributed by atoms with E-state index in [1.165, 1.54) is 37.8 Å². The van der Waals surface area contributed by atoms with Crippen LogP contribution < -0.4 is 4.90 Å². The van der Waals surface area contributed by atoms with Gasteiger partial charge in [0.1, 0.15) is 11.1 Å². The second-order valence-corrected chi connectivity index (χ2v) is 10.5. The number of nitrogens with zero attached hydrogens (tertiary/aromatic N) is 4. The number of thiophene rings is 1. The zero-order valence-electron chi connectivity index (χ0n) is 19.3. The van der Waals surface area contributed by atoms with Gasteiger partial charge in [-0.25, -0.2) is 4.99 Å². The Morgan fingerprint density at radius 3 is 2.66 bits per heavy atom. The topological polar surface area (TPSA) is 44.3 Å². The fraction of sp³-hybridized carbons (Fsp3) is 0.200. The van der Waals surface area contributed by atoms with Gasteiger partial charge < -0.3 is 9.47 Å². The van der Waals surface area contributed by atoms with Crippen molar-refractivity contribution in [1.82, 2.24) is 4.57 Å². The third-order valence-electron chi connectivity index (χ3n) is 7.52. The molecule has 1 saturated heterocycles. The lowest BCUT2D eigenvalue weighted by atomic mass is 9.84. The molecule has 0 saturated carbocycles. The van der Waals surface area contributed by atoms with Crippen molar-refractivity contribution in [3.63, 3.8) is 0 Å². The summed E-state index contributed by atoms with van der Waals surface area (Å²) >= 11 is 1.68. The van der Waals surface area contributed by atoms with Gasteiger partial charge >= 0.3 is 0 Å². The molecule has 0 radical (unpaired) electrons. The lowest BCUT2D eigenvalue weighted by Gasteiger charge is -2.39. The maximum atomic E-state index is 9.96. The highest BCUT2D eigenvalue weighted by molar-refractivity contribution is 7.20. The Balaban J connectivity index is 1.26. The molecule has 4 nitrogen and oxygen atoms in total. The molecule has 3 aromatic carbocycles. The van der Waals surface area contributed by atoms with E-state index >= 15 is 0 Å². The van der Waals surface area contributed by atoms with Crippen molar-refractivity contribution in [2.24, 2.45) is 4.99 Å². The Hall–Kier alpha value is -3.88. The largest absolute Gasteiger partial charge is 0.363 e. The minimum absolute atomic E-state index is 0.522. The van der Waals surface area contributed by atoms with Crippen LogP contribution in [0.4, 0.5) is 10.0 Å². The molecule has 3 aliphatic heterocycles. The van der Waals surface area contributed by atoms with Crippen molar-refractivity contribution < 1.29 is 0 Å². The number of piperidine rings is 1. The second-order valence-electron chi connectivity index (χ2n) is 9.54.